The van der Waals surface area contributed by atoms with Crippen LogP contribution in [0.1, 0.15) is 39.0 Å². The number of rotatable bonds is 5. The van der Waals surface area contributed by atoms with Crippen molar-refractivity contribution in [2.75, 3.05) is 13.2 Å². The summed E-state index contributed by atoms with van der Waals surface area (Å²) in [5.74, 6) is -2.88. The van der Waals surface area contributed by atoms with Gasteiger partial charge in [-0.2, -0.15) is 13.2 Å². The van der Waals surface area contributed by atoms with Crippen molar-refractivity contribution in [2.45, 2.75) is 45.2 Å². The standard InChI is InChI=1S/C13H22F3NO2/c1-9(6-7-18)8-17-12(19)10-4-2-3-5-11(10)13(14,15)16/h9-11,18H,2-8H2,1H3,(H,17,19). The number of hydrogen-bond donors (Lipinski definition) is 2. The number of hydrogen-bond acceptors (Lipinski definition) is 2. The van der Waals surface area contributed by atoms with Crippen LogP contribution in [0.15, 0.2) is 0 Å². The third kappa shape index (κ3) is 5.01. The maximum atomic E-state index is 12.9. The molecule has 1 rings (SSSR count). The molecule has 0 aromatic rings. The van der Waals surface area contributed by atoms with Gasteiger partial charge in [0.1, 0.15) is 0 Å². The summed E-state index contributed by atoms with van der Waals surface area (Å²) in [6.07, 6.45) is -2.18. The van der Waals surface area contributed by atoms with Gasteiger partial charge in [0, 0.05) is 19.1 Å². The van der Waals surface area contributed by atoms with Crippen LogP contribution in [0.4, 0.5) is 13.2 Å². The molecule has 0 bridgehead atoms. The van der Waals surface area contributed by atoms with Gasteiger partial charge in [0.25, 0.3) is 0 Å². The molecular weight excluding hydrogens is 259 g/mol. The molecule has 1 aliphatic carbocycles. The number of aliphatic hydroxyl groups excluding tert-OH is 1. The first-order valence-corrected chi connectivity index (χ1v) is 6.81. The Morgan fingerprint density at radius 3 is 2.58 bits per heavy atom. The van der Waals surface area contributed by atoms with Crippen molar-refractivity contribution in [2.24, 2.45) is 17.8 Å². The number of carbonyl (C=O) groups is 1. The molecule has 1 aliphatic rings. The first kappa shape index (κ1) is 16.3. The second kappa shape index (κ2) is 7.12. The topological polar surface area (TPSA) is 49.3 Å². The molecule has 3 nitrogen and oxygen atoms in total. The summed E-state index contributed by atoms with van der Waals surface area (Å²) in [5, 5.41) is 11.3. The average molecular weight is 281 g/mol. The van der Waals surface area contributed by atoms with Crippen molar-refractivity contribution in [3.05, 3.63) is 0 Å². The fourth-order valence-electron chi connectivity index (χ4n) is 2.56. The van der Waals surface area contributed by atoms with Crippen LogP contribution in [-0.2, 0) is 4.79 Å². The summed E-state index contributed by atoms with van der Waals surface area (Å²) in [5.41, 5.74) is 0. The van der Waals surface area contributed by atoms with Crippen LogP contribution in [0, 0.1) is 17.8 Å². The zero-order chi connectivity index (χ0) is 14.5. The summed E-state index contributed by atoms with van der Waals surface area (Å²) in [7, 11) is 0. The van der Waals surface area contributed by atoms with E-state index in [1.54, 1.807) is 0 Å². The molecule has 0 heterocycles. The van der Waals surface area contributed by atoms with E-state index in [9.17, 15) is 18.0 Å². The van der Waals surface area contributed by atoms with E-state index < -0.39 is 23.9 Å². The van der Waals surface area contributed by atoms with Crippen molar-refractivity contribution >= 4 is 5.91 Å². The van der Waals surface area contributed by atoms with E-state index in [1.165, 1.54) is 0 Å². The Kier molecular flexibility index (Phi) is 6.10. The molecule has 0 spiro atoms. The van der Waals surface area contributed by atoms with Gasteiger partial charge in [0.2, 0.25) is 5.91 Å². The van der Waals surface area contributed by atoms with Gasteiger partial charge in [0.15, 0.2) is 0 Å². The molecule has 3 unspecified atom stereocenters. The van der Waals surface area contributed by atoms with Crippen LogP contribution in [-0.4, -0.2) is 30.3 Å². The van der Waals surface area contributed by atoms with Crippen molar-refractivity contribution < 1.29 is 23.1 Å². The van der Waals surface area contributed by atoms with Crippen molar-refractivity contribution in [1.82, 2.24) is 5.32 Å². The molecule has 0 aromatic carbocycles. The van der Waals surface area contributed by atoms with Gasteiger partial charge in [0.05, 0.1) is 5.92 Å². The summed E-state index contributed by atoms with van der Waals surface area (Å²) in [6.45, 7) is 2.19. The molecule has 0 radical (unpaired) electrons. The Morgan fingerprint density at radius 1 is 1.37 bits per heavy atom. The molecule has 0 saturated heterocycles. The lowest BCUT2D eigenvalue weighted by molar-refractivity contribution is -0.198. The van der Waals surface area contributed by atoms with E-state index in [4.69, 9.17) is 5.11 Å². The van der Waals surface area contributed by atoms with Gasteiger partial charge in [-0.1, -0.05) is 19.8 Å². The fourth-order valence-corrected chi connectivity index (χ4v) is 2.56. The molecule has 0 aliphatic heterocycles. The van der Waals surface area contributed by atoms with Crippen molar-refractivity contribution in [3.8, 4) is 0 Å². The van der Waals surface area contributed by atoms with Crippen LogP contribution < -0.4 is 5.32 Å². The number of halogens is 3. The molecule has 0 aromatic heterocycles. The SMILES string of the molecule is CC(CCO)CNC(=O)C1CCCCC1C(F)(F)F. The zero-order valence-corrected chi connectivity index (χ0v) is 11.2. The second-order valence-electron chi connectivity index (χ2n) is 5.40. The van der Waals surface area contributed by atoms with E-state index in [0.717, 1.165) is 0 Å². The van der Waals surface area contributed by atoms with Crippen LogP contribution in [0.25, 0.3) is 0 Å². The molecule has 3 atom stereocenters. The third-order valence-corrected chi connectivity index (χ3v) is 3.77. The Labute approximate surface area is 111 Å². The van der Waals surface area contributed by atoms with Gasteiger partial charge in [-0.3, -0.25) is 4.79 Å². The second-order valence-corrected chi connectivity index (χ2v) is 5.40. The van der Waals surface area contributed by atoms with Gasteiger partial charge < -0.3 is 10.4 Å². The molecule has 2 N–H and O–H groups in total. The van der Waals surface area contributed by atoms with E-state index >= 15 is 0 Å². The maximum Gasteiger partial charge on any atom is 0.392 e. The molecule has 6 heteroatoms. The first-order valence-electron chi connectivity index (χ1n) is 6.81. The predicted molar refractivity (Wildman–Crippen MR) is 65.4 cm³/mol. The van der Waals surface area contributed by atoms with E-state index in [1.807, 2.05) is 6.92 Å². The lowest BCUT2D eigenvalue weighted by atomic mass is 9.78. The monoisotopic (exact) mass is 281 g/mol. The predicted octanol–water partition coefficient (Wildman–Crippen LogP) is 2.49. The molecule has 112 valence electrons. The molecule has 19 heavy (non-hydrogen) atoms. The van der Waals surface area contributed by atoms with E-state index in [2.05, 4.69) is 5.32 Å². The van der Waals surface area contributed by atoms with Gasteiger partial charge in [-0.05, 0) is 25.2 Å². The van der Waals surface area contributed by atoms with Crippen LogP contribution in [0.2, 0.25) is 0 Å². The summed E-state index contributed by atoms with van der Waals surface area (Å²) < 4.78 is 38.6. The Hall–Kier alpha value is -0.780. The first-order chi connectivity index (χ1) is 8.86. The summed E-state index contributed by atoms with van der Waals surface area (Å²) in [6, 6.07) is 0. The smallest absolute Gasteiger partial charge is 0.392 e. The van der Waals surface area contributed by atoms with Crippen molar-refractivity contribution in [3.63, 3.8) is 0 Å². The van der Waals surface area contributed by atoms with Crippen LogP contribution in [0.5, 0.6) is 0 Å². The van der Waals surface area contributed by atoms with Gasteiger partial charge in [-0.25, -0.2) is 0 Å². The Balaban J connectivity index is 2.53. The van der Waals surface area contributed by atoms with Gasteiger partial charge >= 0.3 is 6.18 Å². The number of amides is 1. The van der Waals surface area contributed by atoms with Crippen LogP contribution in [0.3, 0.4) is 0 Å². The zero-order valence-electron chi connectivity index (χ0n) is 11.2. The quantitative estimate of drug-likeness (QED) is 0.813. The average Bonchev–Trinajstić information content (AvgIpc) is 2.35. The highest BCUT2D eigenvalue weighted by Gasteiger charge is 2.47. The number of alkyl halides is 3. The number of carbonyl (C=O) groups excluding carboxylic acids is 1. The normalized spacial score (nSPS) is 25.9. The lowest BCUT2D eigenvalue weighted by Gasteiger charge is -2.32. The summed E-state index contributed by atoms with van der Waals surface area (Å²) in [4.78, 5) is 11.9. The molecule has 1 amide bonds. The minimum Gasteiger partial charge on any atom is -0.396 e. The minimum absolute atomic E-state index is 0.0195. The van der Waals surface area contributed by atoms with Crippen molar-refractivity contribution in [1.29, 1.82) is 0 Å². The lowest BCUT2D eigenvalue weighted by Crippen LogP contribution is -2.43. The molecule has 1 saturated carbocycles. The minimum atomic E-state index is -4.29. The van der Waals surface area contributed by atoms with E-state index in [0.29, 0.717) is 32.2 Å². The highest BCUT2D eigenvalue weighted by atomic mass is 19.4. The fraction of sp³-hybridized carbons (Fsp3) is 0.923. The molecular formula is C13H22F3NO2. The number of aliphatic hydroxyl groups is 1. The third-order valence-electron chi connectivity index (χ3n) is 3.77. The number of nitrogens with one attached hydrogen (secondary N) is 1. The van der Waals surface area contributed by atoms with Crippen LogP contribution >= 0.6 is 0 Å². The summed E-state index contributed by atoms with van der Waals surface area (Å²) >= 11 is 0. The Bertz CT molecular complexity index is 294. The molecule has 1 fully saturated rings. The Morgan fingerprint density at radius 2 is 2.00 bits per heavy atom. The van der Waals surface area contributed by atoms with E-state index in [-0.39, 0.29) is 18.9 Å². The largest absolute Gasteiger partial charge is 0.396 e. The highest BCUT2D eigenvalue weighted by molar-refractivity contribution is 5.79. The maximum absolute atomic E-state index is 12.9. The van der Waals surface area contributed by atoms with Gasteiger partial charge in [-0.15, -0.1) is 0 Å². The highest BCUT2D eigenvalue weighted by Crippen LogP contribution is 2.41.